The molecular weight excluding hydrogens is 100 g/mol. The van der Waals surface area contributed by atoms with Gasteiger partial charge in [-0.15, -0.1) is 0 Å². The summed E-state index contributed by atoms with van der Waals surface area (Å²) in [5.41, 5.74) is 3.10. The molecule has 0 amide bonds. The molecular formula is C6H10N2. The Morgan fingerprint density at radius 2 is 2.38 bits per heavy atom. The lowest BCUT2D eigenvalue weighted by atomic mass is 10.1. The zero-order valence-electron chi connectivity index (χ0n) is 5.07. The van der Waals surface area contributed by atoms with Crippen molar-refractivity contribution >= 4 is 0 Å². The van der Waals surface area contributed by atoms with Gasteiger partial charge >= 0.3 is 0 Å². The van der Waals surface area contributed by atoms with E-state index in [2.05, 4.69) is 17.3 Å². The van der Waals surface area contributed by atoms with Gasteiger partial charge in [0.05, 0.1) is 0 Å². The molecule has 0 radical (unpaired) electrons. The van der Waals surface area contributed by atoms with Crippen LogP contribution in [0.25, 0.3) is 0 Å². The topological polar surface area (TPSA) is 15.3 Å². The average Bonchev–Trinajstić information content (AvgIpc) is 1.91. The van der Waals surface area contributed by atoms with Crippen LogP contribution in [0, 0.1) is 0 Å². The van der Waals surface area contributed by atoms with Crippen molar-refractivity contribution < 1.29 is 0 Å². The second-order valence-electron chi connectivity index (χ2n) is 2.61. The van der Waals surface area contributed by atoms with Crippen LogP contribution in [0.4, 0.5) is 0 Å². The Hall–Kier alpha value is -0.500. The van der Waals surface area contributed by atoms with Crippen LogP contribution in [0.2, 0.25) is 0 Å². The summed E-state index contributed by atoms with van der Waals surface area (Å²) >= 11 is 0. The molecule has 2 heterocycles. The molecule has 1 N–H and O–H groups in total. The minimum absolute atomic E-state index is 1.14. The van der Waals surface area contributed by atoms with E-state index in [0.29, 0.717) is 0 Å². The van der Waals surface area contributed by atoms with E-state index in [0.717, 1.165) is 13.1 Å². The summed E-state index contributed by atoms with van der Waals surface area (Å²) in [6, 6.07) is 0. The number of nitrogens with zero attached hydrogens (tertiary/aromatic N) is 1. The third kappa shape index (κ3) is 0.409. The van der Waals surface area contributed by atoms with Crippen LogP contribution in [0.3, 0.4) is 0 Å². The van der Waals surface area contributed by atoms with Crippen molar-refractivity contribution in [3.63, 3.8) is 0 Å². The first kappa shape index (κ1) is 4.39. The highest BCUT2D eigenvalue weighted by Gasteiger charge is 2.24. The first-order valence-electron chi connectivity index (χ1n) is 2.99. The summed E-state index contributed by atoms with van der Waals surface area (Å²) in [5, 5.41) is 3.28. The van der Waals surface area contributed by atoms with Gasteiger partial charge in [0.1, 0.15) is 0 Å². The van der Waals surface area contributed by atoms with Gasteiger partial charge in [0.2, 0.25) is 0 Å². The van der Waals surface area contributed by atoms with Gasteiger partial charge in [0, 0.05) is 25.3 Å². The molecule has 0 saturated heterocycles. The number of likely N-dealkylation sites (N-methyl/N-ethyl adjacent to an activating group) is 1. The van der Waals surface area contributed by atoms with Crippen molar-refractivity contribution in [1.82, 2.24) is 10.2 Å². The lowest BCUT2D eigenvalue weighted by molar-refractivity contribution is 0.428. The highest BCUT2D eigenvalue weighted by atomic mass is 15.2. The fourth-order valence-corrected chi connectivity index (χ4v) is 1.31. The molecule has 44 valence electrons. The van der Waals surface area contributed by atoms with Crippen LogP contribution in [-0.2, 0) is 0 Å². The first-order valence-corrected chi connectivity index (χ1v) is 2.99. The molecule has 0 aromatic heterocycles. The van der Waals surface area contributed by atoms with Crippen molar-refractivity contribution in [3.05, 3.63) is 11.3 Å². The predicted molar refractivity (Wildman–Crippen MR) is 32.5 cm³/mol. The number of hydrogen-bond acceptors (Lipinski definition) is 2. The van der Waals surface area contributed by atoms with E-state index in [4.69, 9.17) is 0 Å². The summed E-state index contributed by atoms with van der Waals surface area (Å²) in [6.07, 6.45) is 0. The SMILES string of the molecule is CN1CC2=C(C1)NC2. The number of hydrogen-bond donors (Lipinski definition) is 1. The fraction of sp³-hybridized carbons (Fsp3) is 0.667. The van der Waals surface area contributed by atoms with E-state index in [1.165, 1.54) is 12.2 Å². The summed E-state index contributed by atoms with van der Waals surface area (Å²) in [6.45, 7) is 3.48. The third-order valence-electron chi connectivity index (χ3n) is 1.83. The largest absolute Gasteiger partial charge is 0.383 e. The van der Waals surface area contributed by atoms with Gasteiger partial charge in [-0.25, -0.2) is 0 Å². The smallest absolute Gasteiger partial charge is 0.0390 e. The molecule has 0 spiro atoms. The van der Waals surface area contributed by atoms with Crippen LogP contribution in [0.5, 0.6) is 0 Å². The maximum atomic E-state index is 3.28. The van der Waals surface area contributed by atoms with Crippen molar-refractivity contribution in [2.75, 3.05) is 26.7 Å². The van der Waals surface area contributed by atoms with Gasteiger partial charge in [-0.1, -0.05) is 0 Å². The summed E-state index contributed by atoms with van der Waals surface area (Å²) in [5.74, 6) is 0. The van der Waals surface area contributed by atoms with Crippen molar-refractivity contribution in [2.24, 2.45) is 0 Å². The van der Waals surface area contributed by atoms with Crippen molar-refractivity contribution in [3.8, 4) is 0 Å². The monoisotopic (exact) mass is 110 g/mol. The second-order valence-corrected chi connectivity index (χ2v) is 2.61. The Kier molecular flexibility index (Phi) is 0.690. The molecule has 0 saturated carbocycles. The number of nitrogens with one attached hydrogen (secondary N) is 1. The predicted octanol–water partition coefficient (Wildman–Crippen LogP) is -0.211. The Balaban J connectivity index is 2.17. The highest BCUT2D eigenvalue weighted by Crippen LogP contribution is 2.19. The van der Waals surface area contributed by atoms with Crippen LogP contribution < -0.4 is 5.32 Å². The molecule has 0 aromatic carbocycles. The van der Waals surface area contributed by atoms with Gasteiger partial charge in [-0.2, -0.15) is 0 Å². The molecule has 2 aliphatic heterocycles. The Labute approximate surface area is 49.2 Å². The van der Waals surface area contributed by atoms with E-state index in [1.54, 1.807) is 5.57 Å². The zero-order valence-corrected chi connectivity index (χ0v) is 5.07. The Bertz CT molecular complexity index is 133. The summed E-state index contributed by atoms with van der Waals surface area (Å²) in [4.78, 5) is 2.32. The molecule has 0 aromatic rings. The molecule has 0 atom stereocenters. The Morgan fingerprint density at radius 1 is 1.50 bits per heavy atom. The molecule has 2 heteroatoms. The second kappa shape index (κ2) is 1.26. The van der Waals surface area contributed by atoms with E-state index < -0.39 is 0 Å². The van der Waals surface area contributed by atoms with Crippen molar-refractivity contribution in [1.29, 1.82) is 0 Å². The fourth-order valence-electron chi connectivity index (χ4n) is 1.31. The maximum absolute atomic E-state index is 3.28. The molecule has 2 rings (SSSR count). The van der Waals surface area contributed by atoms with Crippen LogP contribution in [0.15, 0.2) is 11.3 Å². The standard InChI is InChI=1S/C6H10N2/c1-8-3-5-2-7-6(5)4-8/h7H,2-4H2,1H3. The van der Waals surface area contributed by atoms with Crippen molar-refractivity contribution in [2.45, 2.75) is 0 Å². The van der Waals surface area contributed by atoms with Crippen LogP contribution >= 0.6 is 0 Å². The molecule has 0 bridgehead atoms. The minimum atomic E-state index is 1.14. The maximum Gasteiger partial charge on any atom is 0.0390 e. The van der Waals surface area contributed by atoms with Gasteiger partial charge in [0.15, 0.2) is 0 Å². The van der Waals surface area contributed by atoms with Gasteiger partial charge in [-0.05, 0) is 12.6 Å². The van der Waals surface area contributed by atoms with E-state index in [-0.39, 0.29) is 0 Å². The zero-order chi connectivity index (χ0) is 5.56. The van der Waals surface area contributed by atoms with Gasteiger partial charge < -0.3 is 5.32 Å². The van der Waals surface area contributed by atoms with E-state index >= 15 is 0 Å². The molecule has 2 nitrogen and oxygen atoms in total. The van der Waals surface area contributed by atoms with Gasteiger partial charge in [-0.3, -0.25) is 4.90 Å². The quantitative estimate of drug-likeness (QED) is 0.464. The minimum Gasteiger partial charge on any atom is -0.383 e. The average molecular weight is 110 g/mol. The molecule has 0 unspecified atom stereocenters. The summed E-state index contributed by atoms with van der Waals surface area (Å²) in [7, 11) is 2.15. The number of rotatable bonds is 0. The molecule has 8 heavy (non-hydrogen) atoms. The lowest BCUT2D eigenvalue weighted by Gasteiger charge is -2.17. The Morgan fingerprint density at radius 3 is 2.62 bits per heavy atom. The normalized spacial score (nSPS) is 27.1. The van der Waals surface area contributed by atoms with Gasteiger partial charge in [0.25, 0.3) is 0 Å². The third-order valence-corrected chi connectivity index (χ3v) is 1.83. The lowest BCUT2D eigenvalue weighted by Crippen LogP contribution is -2.28. The van der Waals surface area contributed by atoms with Crippen LogP contribution in [0.1, 0.15) is 0 Å². The molecule has 2 aliphatic rings. The molecule has 0 aliphatic carbocycles. The molecule has 0 fully saturated rings. The first-order chi connectivity index (χ1) is 3.86. The highest BCUT2D eigenvalue weighted by molar-refractivity contribution is 5.30. The van der Waals surface area contributed by atoms with E-state index in [1.807, 2.05) is 0 Å². The summed E-state index contributed by atoms with van der Waals surface area (Å²) < 4.78 is 0. The van der Waals surface area contributed by atoms with E-state index in [9.17, 15) is 0 Å². The van der Waals surface area contributed by atoms with Crippen LogP contribution in [-0.4, -0.2) is 31.6 Å².